The predicted molar refractivity (Wildman–Crippen MR) is 70.2 cm³/mol. The third-order valence-electron chi connectivity index (χ3n) is 2.16. The van der Waals surface area contributed by atoms with Gasteiger partial charge in [-0.2, -0.15) is 0 Å². The van der Waals surface area contributed by atoms with E-state index in [4.69, 9.17) is 23.7 Å². The number of methoxy groups -OCH3 is 1. The molecule has 0 aromatic heterocycles. The number of carbonyl (C=O) groups is 1. The molecule has 0 aliphatic heterocycles. The summed E-state index contributed by atoms with van der Waals surface area (Å²) in [6.45, 7) is 5.50. The third-order valence-corrected chi connectivity index (χ3v) is 2.16. The van der Waals surface area contributed by atoms with Gasteiger partial charge in [-0.3, -0.25) is 0 Å². The summed E-state index contributed by atoms with van der Waals surface area (Å²) < 4.78 is 25.3. The molecule has 0 aromatic carbocycles. The summed E-state index contributed by atoms with van der Waals surface area (Å²) in [7, 11) is 1.63. The summed E-state index contributed by atoms with van der Waals surface area (Å²) in [6.07, 6.45) is 1.90. The molecule has 0 aromatic rings. The van der Waals surface area contributed by atoms with Crippen molar-refractivity contribution < 1.29 is 28.5 Å². The van der Waals surface area contributed by atoms with Crippen LogP contribution in [-0.2, 0) is 28.5 Å². The van der Waals surface area contributed by atoms with E-state index < -0.39 is 0 Å². The quantitative estimate of drug-likeness (QED) is 0.349. The van der Waals surface area contributed by atoms with Crippen molar-refractivity contribution in [1.29, 1.82) is 0 Å². The van der Waals surface area contributed by atoms with Gasteiger partial charge in [0.05, 0.1) is 46.2 Å². The Balaban J connectivity index is 3.07. The van der Waals surface area contributed by atoms with Crippen LogP contribution in [-0.4, -0.2) is 65.9 Å². The number of esters is 1. The lowest BCUT2D eigenvalue weighted by Crippen LogP contribution is -2.16. The van der Waals surface area contributed by atoms with Crippen LogP contribution in [0, 0.1) is 0 Å². The molecule has 0 fully saturated rings. The van der Waals surface area contributed by atoms with Crippen molar-refractivity contribution >= 4 is 5.97 Å². The van der Waals surface area contributed by atoms with E-state index in [-0.39, 0.29) is 12.6 Å². The van der Waals surface area contributed by atoms with Crippen LogP contribution in [0.2, 0.25) is 0 Å². The SMILES string of the molecule is CCCCOC(=O)COCCOCCOCCOC. The van der Waals surface area contributed by atoms with Crippen LogP contribution >= 0.6 is 0 Å². The fourth-order valence-corrected chi connectivity index (χ4v) is 1.11. The predicted octanol–water partition coefficient (Wildman–Crippen LogP) is 1.03. The zero-order valence-electron chi connectivity index (χ0n) is 12.0. The number of unbranched alkanes of at least 4 members (excludes halogenated alkanes) is 1. The van der Waals surface area contributed by atoms with Crippen LogP contribution < -0.4 is 0 Å². The maximum atomic E-state index is 11.1. The van der Waals surface area contributed by atoms with E-state index in [0.717, 1.165) is 12.8 Å². The number of ether oxygens (including phenoxy) is 5. The normalized spacial score (nSPS) is 10.6. The molecule has 0 unspecified atom stereocenters. The van der Waals surface area contributed by atoms with Crippen LogP contribution in [0.5, 0.6) is 0 Å². The first-order chi connectivity index (χ1) is 9.31. The average Bonchev–Trinajstić information content (AvgIpc) is 2.41. The molecule has 0 amide bonds. The van der Waals surface area contributed by atoms with Crippen molar-refractivity contribution in [3.63, 3.8) is 0 Å². The Kier molecular flexibility index (Phi) is 14.8. The molecule has 0 heterocycles. The summed E-state index contributed by atoms with van der Waals surface area (Å²) in [4.78, 5) is 11.1. The van der Waals surface area contributed by atoms with E-state index in [1.54, 1.807) is 7.11 Å². The molecule has 19 heavy (non-hydrogen) atoms. The number of hydrogen-bond donors (Lipinski definition) is 0. The first-order valence-corrected chi connectivity index (χ1v) is 6.69. The van der Waals surface area contributed by atoms with Crippen LogP contribution in [0.4, 0.5) is 0 Å². The van der Waals surface area contributed by atoms with Crippen molar-refractivity contribution in [2.45, 2.75) is 19.8 Å². The van der Waals surface area contributed by atoms with E-state index in [2.05, 4.69) is 0 Å². The summed E-state index contributed by atoms with van der Waals surface area (Å²) in [5.74, 6) is -0.323. The second-order valence-electron chi connectivity index (χ2n) is 3.84. The van der Waals surface area contributed by atoms with Gasteiger partial charge >= 0.3 is 5.97 Å². The molecule has 6 nitrogen and oxygen atoms in total. The van der Waals surface area contributed by atoms with Gasteiger partial charge in [-0.1, -0.05) is 13.3 Å². The second kappa shape index (κ2) is 15.4. The van der Waals surface area contributed by atoms with Crippen molar-refractivity contribution in [3.8, 4) is 0 Å². The summed E-state index contributed by atoms with van der Waals surface area (Å²) in [5.41, 5.74) is 0. The number of rotatable bonds is 14. The highest BCUT2D eigenvalue weighted by Crippen LogP contribution is 1.89. The van der Waals surface area contributed by atoms with Gasteiger partial charge in [0.25, 0.3) is 0 Å². The molecule has 0 aliphatic carbocycles. The molecular formula is C13H26O6. The molecule has 0 saturated heterocycles. The molecule has 0 N–H and O–H groups in total. The summed E-state index contributed by atoms with van der Waals surface area (Å²) in [5, 5.41) is 0. The first kappa shape index (κ1) is 18.3. The molecule has 0 saturated carbocycles. The third kappa shape index (κ3) is 15.3. The zero-order chi connectivity index (χ0) is 14.2. The molecule has 0 atom stereocenters. The number of carbonyl (C=O) groups excluding carboxylic acids is 1. The van der Waals surface area contributed by atoms with Gasteiger partial charge in [-0.25, -0.2) is 4.79 Å². The minimum Gasteiger partial charge on any atom is -0.464 e. The van der Waals surface area contributed by atoms with Crippen molar-refractivity contribution in [1.82, 2.24) is 0 Å². The Morgan fingerprint density at radius 1 is 0.842 bits per heavy atom. The van der Waals surface area contributed by atoms with Crippen LogP contribution in [0.3, 0.4) is 0 Å². The van der Waals surface area contributed by atoms with E-state index in [0.29, 0.717) is 46.2 Å². The van der Waals surface area contributed by atoms with Crippen LogP contribution in [0.15, 0.2) is 0 Å². The van der Waals surface area contributed by atoms with Gasteiger partial charge in [0, 0.05) is 7.11 Å². The monoisotopic (exact) mass is 278 g/mol. The molecule has 0 bridgehead atoms. The van der Waals surface area contributed by atoms with Crippen molar-refractivity contribution in [2.75, 3.05) is 60.0 Å². The Labute approximate surface area is 115 Å². The van der Waals surface area contributed by atoms with E-state index in [9.17, 15) is 4.79 Å². The highest BCUT2D eigenvalue weighted by atomic mass is 16.6. The topological polar surface area (TPSA) is 63.2 Å². The zero-order valence-corrected chi connectivity index (χ0v) is 12.0. The minimum atomic E-state index is -0.323. The first-order valence-electron chi connectivity index (χ1n) is 6.69. The number of hydrogen-bond acceptors (Lipinski definition) is 6. The lowest BCUT2D eigenvalue weighted by molar-refractivity contribution is -0.149. The lowest BCUT2D eigenvalue weighted by Gasteiger charge is -2.07. The Morgan fingerprint density at radius 2 is 1.42 bits per heavy atom. The maximum absolute atomic E-state index is 11.1. The highest BCUT2D eigenvalue weighted by Gasteiger charge is 2.01. The van der Waals surface area contributed by atoms with Crippen molar-refractivity contribution in [3.05, 3.63) is 0 Å². The van der Waals surface area contributed by atoms with E-state index >= 15 is 0 Å². The molecule has 0 aliphatic rings. The average molecular weight is 278 g/mol. The Bertz CT molecular complexity index is 198. The van der Waals surface area contributed by atoms with Crippen LogP contribution in [0.1, 0.15) is 19.8 Å². The second-order valence-corrected chi connectivity index (χ2v) is 3.84. The Morgan fingerprint density at radius 3 is 2.00 bits per heavy atom. The van der Waals surface area contributed by atoms with Gasteiger partial charge < -0.3 is 23.7 Å². The molecular weight excluding hydrogens is 252 g/mol. The highest BCUT2D eigenvalue weighted by molar-refractivity contribution is 5.70. The fraction of sp³-hybridized carbons (Fsp3) is 0.923. The van der Waals surface area contributed by atoms with Gasteiger partial charge in [0.1, 0.15) is 6.61 Å². The van der Waals surface area contributed by atoms with Gasteiger partial charge in [-0.15, -0.1) is 0 Å². The van der Waals surface area contributed by atoms with Crippen molar-refractivity contribution in [2.24, 2.45) is 0 Å². The molecule has 0 spiro atoms. The fourth-order valence-electron chi connectivity index (χ4n) is 1.11. The lowest BCUT2D eigenvalue weighted by atomic mass is 10.4. The van der Waals surface area contributed by atoms with E-state index in [1.165, 1.54) is 0 Å². The van der Waals surface area contributed by atoms with Gasteiger partial charge in [0.2, 0.25) is 0 Å². The van der Waals surface area contributed by atoms with E-state index in [1.807, 2.05) is 6.92 Å². The summed E-state index contributed by atoms with van der Waals surface area (Å²) >= 11 is 0. The Hall–Kier alpha value is -0.690. The largest absolute Gasteiger partial charge is 0.464 e. The minimum absolute atomic E-state index is 0.0165. The standard InChI is InChI=1S/C13H26O6/c1-3-4-5-19-13(14)12-18-11-10-17-9-8-16-7-6-15-2/h3-12H2,1-2H3. The molecule has 114 valence electrons. The molecule has 6 heteroatoms. The van der Waals surface area contributed by atoms with Gasteiger partial charge in [0.15, 0.2) is 0 Å². The summed E-state index contributed by atoms with van der Waals surface area (Å²) in [6, 6.07) is 0. The van der Waals surface area contributed by atoms with Crippen LogP contribution in [0.25, 0.3) is 0 Å². The molecule has 0 rings (SSSR count). The smallest absolute Gasteiger partial charge is 0.332 e. The van der Waals surface area contributed by atoms with Gasteiger partial charge in [-0.05, 0) is 6.42 Å². The molecule has 0 radical (unpaired) electrons. The maximum Gasteiger partial charge on any atom is 0.332 e.